The van der Waals surface area contributed by atoms with Crippen LogP contribution in [-0.4, -0.2) is 86.0 Å². The number of nitrogens with one attached hydrogen (secondary N) is 2. The first-order chi connectivity index (χ1) is 24.0. The number of carbonyl (C=O) groups excluding carboxylic acids is 3. The van der Waals surface area contributed by atoms with Crippen LogP contribution in [0.1, 0.15) is 53.0 Å². The zero-order chi connectivity index (χ0) is 36.3. The number of ether oxygens (including phenoxy) is 6. The van der Waals surface area contributed by atoms with Gasteiger partial charge in [-0.1, -0.05) is 18.5 Å². The molecule has 50 heavy (non-hydrogen) atoms. The summed E-state index contributed by atoms with van der Waals surface area (Å²) in [5, 5.41) is 15.1. The van der Waals surface area contributed by atoms with Gasteiger partial charge in [0.1, 0.15) is 22.1 Å². The van der Waals surface area contributed by atoms with Crippen molar-refractivity contribution in [1.29, 1.82) is 0 Å². The molecule has 0 saturated heterocycles. The third-order valence-electron chi connectivity index (χ3n) is 9.08. The number of H-pyrrole nitrogens is 1. The van der Waals surface area contributed by atoms with Gasteiger partial charge in [0.05, 0.1) is 47.6 Å². The van der Waals surface area contributed by atoms with E-state index >= 15 is 0 Å². The smallest absolute Gasteiger partial charge is 0.231 e. The van der Waals surface area contributed by atoms with E-state index in [1.165, 1.54) is 41.6 Å². The van der Waals surface area contributed by atoms with E-state index in [-0.39, 0.29) is 57.7 Å². The van der Waals surface area contributed by atoms with Crippen molar-refractivity contribution in [1.82, 2.24) is 15.3 Å². The summed E-state index contributed by atoms with van der Waals surface area (Å²) in [6.07, 6.45) is 1.20. The molecule has 1 unspecified atom stereocenters. The molecular formula is C35H40ClN3O10S. The van der Waals surface area contributed by atoms with Crippen LogP contribution in [0.4, 0.5) is 0 Å². The van der Waals surface area contributed by atoms with Gasteiger partial charge in [-0.15, -0.1) is 0 Å². The fourth-order valence-corrected chi connectivity index (χ4v) is 7.59. The Kier molecular flexibility index (Phi) is 11.1. The number of aromatic nitrogens is 2. The first-order valence-corrected chi connectivity index (χ1v) is 17.3. The highest BCUT2D eigenvalue weighted by molar-refractivity contribution is 7.98. The topological polar surface area (TPSA) is 168 Å². The molecule has 2 heterocycles. The molecule has 0 fully saturated rings. The quantitative estimate of drug-likeness (QED) is 0.182. The molecule has 0 radical (unpaired) electrons. The Bertz CT molecular complexity index is 1820. The number of carbonyl (C=O) groups is 3. The monoisotopic (exact) mass is 729 g/mol. The van der Waals surface area contributed by atoms with Gasteiger partial charge >= 0.3 is 0 Å². The number of rotatable bonds is 14. The molecule has 0 saturated carbocycles. The van der Waals surface area contributed by atoms with Crippen LogP contribution in [0, 0.1) is 12.8 Å². The molecule has 2 aromatic carbocycles. The summed E-state index contributed by atoms with van der Waals surface area (Å²) >= 11 is 8.23. The van der Waals surface area contributed by atoms with Gasteiger partial charge in [-0.2, -0.15) is 11.8 Å². The number of aliphatic hydroxyl groups is 1. The number of amides is 1. The number of allylic oxidation sites excluding steroid dienone is 1. The first kappa shape index (κ1) is 36.7. The molecule has 1 amide bonds. The van der Waals surface area contributed by atoms with Crippen LogP contribution in [0.3, 0.4) is 0 Å². The number of aliphatic hydroxyl groups excluding tert-OH is 1. The molecule has 1 aliphatic carbocycles. The number of Topliss-reactive ketones (excluding diaryl/α,β-unsaturated/α-hetero) is 2. The number of hydrogen-bond donors (Lipinski definition) is 3. The summed E-state index contributed by atoms with van der Waals surface area (Å²) < 4.78 is 33.9. The number of imidazole rings is 1. The number of halogens is 1. The molecular weight excluding hydrogens is 690 g/mol. The maximum Gasteiger partial charge on any atom is 0.231 e. The van der Waals surface area contributed by atoms with E-state index in [0.717, 1.165) is 11.4 Å². The average Bonchev–Trinajstić information content (AvgIpc) is 3.66. The second-order valence-electron chi connectivity index (χ2n) is 11.8. The van der Waals surface area contributed by atoms with E-state index in [2.05, 4.69) is 15.3 Å². The minimum absolute atomic E-state index is 0.00727. The van der Waals surface area contributed by atoms with Gasteiger partial charge in [0.25, 0.3) is 0 Å². The maximum absolute atomic E-state index is 14.4. The number of ketones is 2. The number of aryl methyl sites for hydroxylation is 1. The number of nitrogens with zero attached hydrogens (tertiary/aromatic N) is 1. The Morgan fingerprint density at radius 3 is 2.32 bits per heavy atom. The Morgan fingerprint density at radius 2 is 1.74 bits per heavy atom. The van der Waals surface area contributed by atoms with Crippen LogP contribution in [0.2, 0.25) is 5.02 Å². The summed E-state index contributed by atoms with van der Waals surface area (Å²) in [4.78, 5) is 49.3. The van der Waals surface area contributed by atoms with E-state index < -0.39 is 40.7 Å². The van der Waals surface area contributed by atoms with Crippen LogP contribution < -0.4 is 33.7 Å². The minimum Gasteiger partial charge on any atom is -0.507 e. The third kappa shape index (κ3) is 6.41. The average molecular weight is 730 g/mol. The van der Waals surface area contributed by atoms with Crippen molar-refractivity contribution in [3.8, 4) is 34.5 Å². The summed E-state index contributed by atoms with van der Waals surface area (Å²) in [6, 6.07) is 4.67. The van der Waals surface area contributed by atoms with E-state index in [4.69, 9.17) is 40.0 Å². The molecule has 15 heteroatoms. The molecule has 1 spiro atoms. The number of thioether (sulfide) groups is 1. The second kappa shape index (κ2) is 15.1. The van der Waals surface area contributed by atoms with Crippen molar-refractivity contribution in [2.45, 2.75) is 44.0 Å². The Balaban J connectivity index is 1.56. The molecule has 5 rings (SSSR count). The molecule has 1 aromatic heterocycles. The molecule has 3 atom stereocenters. The second-order valence-corrected chi connectivity index (χ2v) is 13.3. The highest BCUT2D eigenvalue weighted by Crippen LogP contribution is 2.56. The largest absolute Gasteiger partial charge is 0.507 e. The van der Waals surface area contributed by atoms with Gasteiger partial charge in [0.2, 0.25) is 23.0 Å². The van der Waals surface area contributed by atoms with Crippen molar-refractivity contribution in [2.75, 3.05) is 47.8 Å². The first-order valence-electron chi connectivity index (χ1n) is 15.7. The fourth-order valence-electron chi connectivity index (χ4n) is 6.45. The van der Waals surface area contributed by atoms with E-state index in [9.17, 15) is 19.5 Å². The number of benzene rings is 2. The van der Waals surface area contributed by atoms with Gasteiger partial charge in [-0.25, -0.2) is 4.98 Å². The highest BCUT2D eigenvalue weighted by atomic mass is 35.5. The normalized spacial score (nSPS) is 18.8. The summed E-state index contributed by atoms with van der Waals surface area (Å²) in [5.74, 6) is -1.59. The predicted molar refractivity (Wildman–Crippen MR) is 187 cm³/mol. The van der Waals surface area contributed by atoms with Gasteiger partial charge in [-0.3, -0.25) is 14.4 Å². The maximum atomic E-state index is 14.4. The molecule has 268 valence electrons. The molecule has 3 aromatic rings. The van der Waals surface area contributed by atoms with Crippen LogP contribution >= 0.6 is 23.4 Å². The molecule has 2 aliphatic rings. The van der Waals surface area contributed by atoms with Gasteiger partial charge in [-0.05, 0) is 24.6 Å². The molecule has 3 N–H and O–H groups in total. The Labute approximate surface area is 299 Å². The van der Waals surface area contributed by atoms with Gasteiger partial charge in [0.15, 0.2) is 28.8 Å². The number of hydrogen-bond acceptors (Lipinski definition) is 12. The van der Waals surface area contributed by atoms with Crippen molar-refractivity contribution < 1.29 is 47.9 Å². The zero-order valence-corrected chi connectivity index (χ0v) is 30.4. The lowest BCUT2D eigenvalue weighted by atomic mass is 9.69. The summed E-state index contributed by atoms with van der Waals surface area (Å²) in [5.41, 5.74) is 0.144. The minimum atomic E-state index is -2.04. The van der Waals surface area contributed by atoms with Crippen molar-refractivity contribution in [3.63, 3.8) is 0 Å². The Hall–Kier alpha value is -4.56. The number of fused-ring (bicyclic) bond motifs is 1. The van der Waals surface area contributed by atoms with Crippen molar-refractivity contribution in [3.05, 3.63) is 63.4 Å². The highest BCUT2D eigenvalue weighted by Gasteiger charge is 2.61. The predicted octanol–water partition coefficient (Wildman–Crippen LogP) is 5.37. The van der Waals surface area contributed by atoms with Crippen molar-refractivity contribution >= 4 is 40.8 Å². The number of aromatic amines is 1. The lowest BCUT2D eigenvalue weighted by Gasteiger charge is -2.38. The van der Waals surface area contributed by atoms with Crippen LogP contribution in [-0.2, 0) is 15.3 Å². The fraction of sp³-hybridized carbons (Fsp3) is 0.429. The van der Waals surface area contributed by atoms with Crippen LogP contribution in [0.5, 0.6) is 34.5 Å². The van der Waals surface area contributed by atoms with Crippen LogP contribution in [0.25, 0.3) is 0 Å². The molecule has 13 nitrogen and oxygen atoms in total. The van der Waals surface area contributed by atoms with Crippen LogP contribution in [0.15, 0.2) is 35.9 Å². The SMILES string of the molecule is COc1cc(OC)c2c(c1Cl)O[C@]1(C2=O)C(O)=C(C(CC(=O)NCCSCc2nc[nH]c2C)c2cc(OC)c(OC)c(OC)c2)C(=O)C[C@H]1C. The van der Waals surface area contributed by atoms with Gasteiger partial charge in [0, 0.05) is 60.1 Å². The third-order valence-corrected chi connectivity index (χ3v) is 10.4. The molecule has 0 bridgehead atoms. The Morgan fingerprint density at radius 1 is 1.08 bits per heavy atom. The van der Waals surface area contributed by atoms with Gasteiger partial charge < -0.3 is 43.8 Å². The zero-order valence-electron chi connectivity index (χ0n) is 28.9. The molecule has 1 aliphatic heterocycles. The standard InChI is InChI=1S/C35H40ClN3O10S/c1-17-10-22(40)28(33(42)35(17)34(43)29-23(44-3)14-24(45-4)30(36)32(29)49-35)20(19-11-25(46-5)31(48-7)26(12-19)47-6)13-27(41)37-8-9-50-15-21-18(2)38-16-39-21/h11-12,14,16-17,20,42H,8-10,13,15H2,1-7H3,(H,37,41)(H,38,39)/t17-,20?,35+/m1/s1. The van der Waals surface area contributed by atoms with E-state index in [1.54, 1.807) is 37.1 Å². The lowest BCUT2D eigenvalue weighted by molar-refractivity contribution is -0.121. The summed E-state index contributed by atoms with van der Waals surface area (Å²) in [7, 11) is 7.13. The number of methoxy groups -OCH3 is 5. The van der Waals surface area contributed by atoms with E-state index in [0.29, 0.717) is 29.4 Å². The van der Waals surface area contributed by atoms with E-state index in [1.807, 2.05) is 6.92 Å². The summed E-state index contributed by atoms with van der Waals surface area (Å²) in [6.45, 7) is 3.92. The van der Waals surface area contributed by atoms with Crippen molar-refractivity contribution in [2.24, 2.45) is 5.92 Å². The lowest BCUT2D eigenvalue weighted by Crippen LogP contribution is -2.53.